The van der Waals surface area contributed by atoms with E-state index >= 15 is 0 Å². The van der Waals surface area contributed by atoms with Gasteiger partial charge in [-0.1, -0.05) is 18.2 Å². The van der Waals surface area contributed by atoms with Crippen molar-refractivity contribution in [2.45, 2.75) is 25.7 Å². The number of nitrogens with one attached hydrogen (secondary N) is 1. The maximum Gasteiger partial charge on any atom is 0.310 e. The molecule has 20 heavy (non-hydrogen) atoms. The van der Waals surface area contributed by atoms with Crippen LogP contribution in [0, 0.1) is 5.92 Å². The summed E-state index contributed by atoms with van der Waals surface area (Å²) in [5, 5.41) is 2.53. The highest BCUT2D eigenvalue weighted by molar-refractivity contribution is 5.94. The molecule has 1 N–H and O–H groups in total. The normalized spacial score (nSPS) is 15.7. The first kappa shape index (κ1) is 14.2. The lowest BCUT2D eigenvalue weighted by atomic mass is 9.89. The van der Waals surface area contributed by atoms with Crippen LogP contribution in [-0.4, -0.2) is 24.4 Å². The summed E-state index contributed by atoms with van der Waals surface area (Å²) in [6.45, 7) is -0.142. The number of amides is 1. The standard InChI is InChI=1S/C15H17NO4/c17-13-8-6-12(7-9-13)15(19)20-10-16-14(18)11-4-2-1-3-5-11/h1-5,12H,6-10H2,(H,16,18). The van der Waals surface area contributed by atoms with Crippen LogP contribution in [0.3, 0.4) is 0 Å². The monoisotopic (exact) mass is 275 g/mol. The third kappa shape index (κ3) is 3.91. The van der Waals surface area contributed by atoms with E-state index in [4.69, 9.17) is 4.74 Å². The number of carbonyl (C=O) groups excluding carboxylic acids is 3. The Morgan fingerprint density at radius 2 is 1.80 bits per heavy atom. The van der Waals surface area contributed by atoms with Crippen LogP contribution in [0.15, 0.2) is 30.3 Å². The van der Waals surface area contributed by atoms with Gasteiger partial charge in [-0.05, 0) is 25.0 Å². The molecule has 0 aromatic heterocycles. The Morgan fingerprint density at radius 1 is 1.15 bits per heavy atom. The van der Waals surface area contributed by atoms with Gasteiger partial charge in [0.2, 0.25) is 0 Å². The molecule has 5 nitrogen and oxygen atoms in total. The SMILES string of the molecule is O=C1CCC(C(=O)OCNC(=O)c2ccccc2)CC1. The molecule has 0 spiro atoms. The minimum Gasteiger partial charge on any atom is -0.444 e. The highest BCUT2D eigenvalue weighted by Crippen LogP contribution is 2.22. The van der Waals surface area contributed by atoms with Crippen molar-refractivity contribution in [3.05, 3.63) is 35.9 Å². The molecule has 1 aliphatic carbocycles. The average molecular weight is 275 g/mol. The Balaban J connectivity index is 1.72. The summed E-state index contributed by atoms with van der Waals surface area (Å²) in [6.07, 6.45) is 1.97. The van der Waals surface area contributed by atoms with Gasteiger partial charge in [0.15, 0.2) is 6.73 Å². The van der Waals surface area contributed by atoms with Crippen LogP contribution in [0.5, 0.6) is 0 Å². The van der Waals surface area contributed by atoms with E-state index in [-0.39, 0.29) is 30.3 Å². The summed E-state index contributed by atoms with van der Waals surface area (Å²) >= 11 is 0. The Labute approximate surface area is 117 Å². The summed E-state index contributed by atoms with van der Waals surface area (Å²) in [5.74, 6) is -0.643. The molecule has 0 unspecified atom stereocenters. The lowest BCUT2D eigenvalue weighted by Gasteiger charge is -2.19. The van der Waals surface area contributed by atoms with Crippen molar-refractivity contribution in [2.75, 3.05) is 6.73 Å². The Morgan fingerprint density at radius 3 is 2.45 bits per heavy atom. The minimum absolute atomic E-state index is 0.142. The molecule has 0 saturated heterocycles. The van der Waals surface area contributed by atoms with Gasteiger partial charge >= 0.3 is 5.97 Å². The third-order valence-electron chi connectivity index (χ3n) is 3.36. The molecule has 106 valence electrons. The zero-order valence-corrected chi connectivity index (χ0v) is 11.1. The molecule has 0 atom stereocenters. The minimum atomic E-state index is -0.342. The molecule has 1 aliphatic rings. The van der Waals surface area contributed by atoms with E-state index in [0.29, 0.717) is 31.2 Å². The molecule has 1 amide bonds. The third-order valence-corrected chi connectivity index (χ3v) is 3.36. The van der Waals surface area contributed by atoms with Crippen LogP contribution in [-0.2, 0) is 14.3 Å². The predicted molar refractivity (Wildman–Crippen MR) is 71.8 cm³/mol. The molecule has 1 fully saturated rings. The Kier molecular flexibility index (Phi) is 4.87. The van der Waals surface area contributed by atoms with Gasteiger partial charge in [-0.15, -0.1) is 0 Å². The fraction of sp³-hybridized carbons (Fsp3) is 0.400. The van der Waals surface area contributed by atoms with E-state index in [9.17, 15) is 14.4 Å². The first-order valence-electron chi connectivity index (χ1n) is 6.68. The van der Waals surface area contributed by atoms with Crippen LogP contribution in [0.2, 0.25) is 0 Å². The summed E-state index contributed by atoms with van der Waals surface area (Å²) in [5.41, 5.74) is 0.520. The number of carbonyl (C=O) groups is 3. The lowest BCUT2D eigenvalue weighted by molar-refractivity contribution is -0.150. The van der Waals surface area contributed by atoms with Crippen molar-refractivity contribution in [3.8, 4) is 0 Å². The van der Waals surface area contributed by atoms with Crippen LogP contribution < -0.4 is 5.32 Å². The number of Topliss-reactive ketones (excluding diaryl/α,β-unsaturated/α-hetero) is 1. The molecule has 0 heterocycles. The first-order chi connectivity index (χ1) is 9.66. The van der Waals surface area contributed by atoms with Crippen molar-refractivity contribution in [1.29, 1.82) is 0 Å². The largest absolute Gasteiger partial charge is 0.444 e. The maximum atomic E-state index is 11.7. The summed E-state index contributed by atoms with van der Waals surface area (Å²) in [4.78, 5) is 34.5. The maximum absolute atomic E-state index is 11.7. The summed E-state index contributed by atoms with van der Waals surface area (Å²) in [6, 6.07) is 8.72. The molecule has 0 bridgehead atoms. The molecule has 2 rings (SSSR count). The molecular weight excluding hydrogens is 258 g/mol. The van der Waals surface area contributed by atoms with Crippen LogP contribution in [0.25, 0.3) is 0 Å². The Hall–Kier alpha value is -2.17. The van der Waals surface area contributed by atoms with Gasteiger partial charge in [-0.3, -0.25) is 14.4 Å². The predicted octanol–water partition coefficient (Wildman–Crippen LogP) is 1.68. The molecule has 0 aliphatic heterocycles. The van der Waals surface area contributed by atoms with Crippen molar-refractivity contribution in [3.63, 3.8) is 0 Å². The van der Waals surface area contributed by atoms with Crippen molar-refractivity contribution in [1.82, 2.24) is 5.32 Å². The molecule has 5 heteroatoms. The van der Waals surface area contributed by atoms with Crippen molar-refractivity contribution < 1.29 is 19.1 Å². The highest BCUT2D eigenvalue weighted by atomic mass is 16.5. The number of esters is 1. The van der Waals surface area contributed by atoms with Crippen LogP contribution >= 0.6 is 0 Å². The van der Waals surface area contributed by atoms with E-state index in [1.165, 1.54) is 0 Å². The number of hydrogen-bond acceptors (Lipinski definition) is 4. The van der Waals surface area contributed by atoms with Gasteiger partial charge in [0.25, 0.3) is 5.91 Å². The number of ketones is 1. The zero-order valence-electron chi connectivity index (χ0n) is 11.1. The average Bonchev–Trinajstić information content (AvgIpc) is 2.48. The zero-order chi connectivity index (χ0) is 14.4. The van der Waals surface area contributed by atoms with Gasteiger partial charge in [-0.2, -0.15) is 0 Å². The lowest BCUT2D eigenvalue weighted by Crippen LogP contribution is -2.31. The van der Waals surface area contributed by atoms with E-state index in [0.717, 1.165) is 0 Å². The summed E-state index contributed by atoms with van der Waals surface area (Å²) < 4.78 is 5.03. The van der Waals surface area contributed by atoms with Gasteiger partial charge in [-0.25, -0.2) is 0 Å². The fourth-order valence-electron chi connectivity index (χ4n) is 2.16. The summed E-state index contributed by atoms with van der Waals surface area (Å²) in [7, 11) is 0. The quantitative estimate of drug-likeness (QED) is 0.670. The molecule has 1 saturated carbocycles. The smallest absolute Gasteiger partial charge is 0.310 e. The number of benzene rings is 1. The molecular formula is C15H17NO4. The van der Waals surface area contributed by atoms with E-state index in [2.05, 4.69) is 5.32 Å². The molecule has 1 aromatic carbocycles. The van der Waals surface area contributed by atoms with Gasteiger partial charge in [0.05, 0.1) is 5.92 Å². The van der Waals surface area contributed by atoms with Crippen LogP contribution in [0.1, 0.15) is 36.0 Å². The van der Waals surface area contributed by atoms with E-state index < -0.39 is 0 Å². The second-order valence-corrected chi connectivity index (χ2v) is 4.79. The first-order valence-corrected chi connectivity index (χ1v) is 6.68. The second-order valence-electron chi connectivity index (χ2n) is 4.79. The van der Waals surface area contributed by atoms with Gasteiger partial charge < -0.3 is 10.1 Å². The number of hydrogen-bond donors (Lipinski definition) is 1. The molecule has 1 aromatic rings. The number of rotatable bonds is 4. The topological polar surface area (TPSA) is 72.5 Å². The van der Waals surface area contributed by atoms with E-state index in [1.54, 1.807) is 24.3 Å². The van der Waals surface area contributed by atoms with Gasteiger partial charge in [0.1, 0.15) is 5.78 Å². The van der Waals surface area contributed by atoms with Crippen LogP contribution in [0.4, 0.5) is 0 Å². The van der Waals surface area contributed by atoms with E-state index in [1.807, 2.05) is 6.07 Å². The second kappa shape index (κ2) is 6.84. The number of ether oxygens (including phenoxy) is 1. The highest BCUT2D eigenvalue weighted by Gasteiger charge is 2.25. The van der Waals surface area contributed by atoms with Gasteiger partial charge in [0, 0.05) is 18.4 Å². The molecule has 0 radical (unpaired) electrons. The fourth-order valence-corrected chi connectivity index (χ4v) is 2.16. The van der Waals surface area contributed by atoms with Crippen molar-refractivity contribution >= 4 is 17.7 Å². The van der Waals surface area contributed by atoms with Crippen molar-refractivity contribution in [2.24, 2.45) is 5.92 Å². The Bertz CT molecular complexity index is 488.